The van der Waals surface area contributed by atoms with E-state index in [2.05, 4.69) is 41.5 Å². The second-order valence-corrected chi connectivity index (χ2v) is 4.66. The SMILES string of the molecule is C=CCC(N)Cc1c(Br)c(CC)nn1CC. The largest absolute Gasteiger partial charge is 0.327 e. The fraction of sp³-hybridized carbons (Fsp3) is 0.583. The second-order valence-electron chi connectivity index (χ2n) is 3.87. The van der Waals surface area contributed by atoms with Crippen molar-refractivity contribution in [1.82, 2.24) is 9.78 Å². The molecular weight excluding hydrogens is 266 g/mol. The number of rotatable bonds is 6. The Labute approximate surface area is 106 Å². The fourth-order valence-corrected chi connectivity index (χ4v) is 2.48. The first-order chi connectivity index (χ1) is 7.63. The van der Waals surface area contributed by atoms with Gasteiger partial charge in [0, 0.05) is 19.0 Å². The van der Waals surface area contributed by atoms with E-state index in [0.717, 1.165) is 36.0 Å². The van der Waals surface area contributed by atoms with Crippen LogP contribution in [-0.4, -0.2) is 15.8 Å². The lowest BCUT2D eigenvalue weighted by molar-refractivity contribution is 0.576. The molecule has 90 valence electrons. The van der Waals surface area contributed by atoms with E-state index in [9.17, 15) is 0 Å². The average Bonchev–Trinajstić information content (AvgIpc) is 2.56. The van der Waals surface area contributed by atoms with Crippen LogP contribution in [0, 0.1) is 0 Å². The van der Waals surface area contributed by atoms with E-state index >= 15 is 0 Å². The monoisotopic (exact) mass is 285 g/mol. The fourth-order valence-electron chi connectivity index (χ4n) is 1.76. The van der Waals surface area contributed by atoms with Crippen LogP contribution in [0.2, 0.25) is 0 Å². The van der Waals surface area contributed by atoms with Gasteiger partial charge in [-0.05, 0) is 35.7 Å². The molecule has 16 heavy (non-hydrogen) atoms. The van der Waals surface area contributed by atoms with Crippen LogP contribution >= 0.6 is 15.9 Å². The minimum Gasteiger partial charge on any atom is -0.327 e. The lowest BCUT2D eigenvalue weighted by Crippen LogP contribution is -2.23. The molecule has 1 rings (SSSR count). The van der Waals surface area contributed by atoms with Crippen LogP contribution in [0.3, 0.4) is 0 Å². The predicted octanol–water partition coefficient (Wildman–Crippen LogP) is 2.67. The van der Waals surface area contributed by atoms with Gasteiger partial charge in [-0.1, -0.05) is 13.0 Å². The van der Waals surface area contributed by atoms with Crippen LogP contribution in [0.25, 0.3) is 0 Å². The Hall–Kier alpha value is -0.610. The van der Waals surface area contributed by atoms with E-state index in [-0.39, 0.29) is 6.04 Å². The van der Waals surface area contributed by atoms with Gasteiger partial charge in [0.15, 0.2) is 0 Å². The summed E-state index contributed by atoms with van der Waals surface area (Å²) in [5, 5.41) is 4.55. The zero-order valence-electron chi connectivity index (χ0n) is 10.0. The molecule has 0 spiro atoms. The van der Waals surface area contributed by atoms with Gasteiger partial charge in [-0.2, -0.15) is 5.10 Å². The van der Waals surface area contributed by atoms with E-state index in [1.165, 1.54) is 5.69 Å². The van der Waals surface area contributed by atoms with Gasteiger partial charge in [-0.3, -0.25) is 4.68 Å². The Balaban J connectivity index is 2.92. The maximum absolute atomic E-state index is 6.03. The summed E-state index contributed by atoms with van der Waals surface area (Å²) in [6.45, 7) is 8.81. The van der Waals surface area contributed by atoms with Crippen molar-refractivity contribution in [3.63, 3.8) is 0 Å². The van der Waals surface area contributed by atoms with Gasteiger partial charge in [0.1, 0.15) is 0 Å². The average molecular weight is 286 g/mol. The highest BCUT2D eigenvalue weighted by Crippen LogP contribution is 2.23. The Morgan fingerprint density at radius 3 is 2.75 bits per heavy atom. The number of nitrogens with zero attached hydrogens (tertiary/aromatic N) is 2. The third-order valence-corrected chi connectivity index (χ3v) is 3.53. The highest BCUT2D eigenvalue weighted by molar-refractivity contribution is 9.10. The van der Waals surface area contributed by atoms with E-state index in [1.54, 1.807) is 0 Å². The Morgan fingerprint density at radius 2 is 2.25 bits per heavy atom. The van der Waals surface area contributed by atoms with Crippen LogP contribution < -0.4 is 5.73 Å². The summed E-state index contributed by atoms with van der Waals surface area (Å²) in [5.74, 6) is 0. The summed E-state index contributed by atoms with van der Waals surface area (Å²) in [4.78, 5) is 0. The Morgan fingerprint density at radius 1 is 1.56 bits per heavy atom. The number of hydrogen-bond donors (Lipinski definition) is 1. The molecule has 0 radical (unpaired) electrons. The van der Waals surface area contributed by atoms with Crippen molar-refractivity contribution in [3.8, 4) is 0 Å². The normalized spacial score (nSPS) is 12.8. The number of halogens is 1. The first kappa shape index (κ1) is 13.5. The van der Waals surface area contributed by atoms with Crippen LogP contribution in [-0.2, 0) is 19.4 Å². The minimum absolute atomic E-state index is 0.125. The number of aryl methyl sites for hydroxylation is 2. The molecule has 0 aliphatic carbocycles. The predicted molar refractivity (Wildman–Crippen MR) is 71.5 cm³/mol. The van der Waals surface area contributed by atoms with Gasteiger partial charge in [-0.25, -0.2) is 0 Å². The molecule has 0 aliphatic heterocycles. The second kappa shape index (κ2) is 6.21. The van der Waals surface area contributed by atoms with Gasteiger partial charge in [0.25, 0.3) is 0 Å². The molecule has 1 aromatic rings. The molecule has 0 aromatic carbocycles. The molecule has 4 heteroatoms. The lowest BCUT2D eigenvalue weighted by atomic mass is 10.1. The van der Waals surface area contributed by atoms with Gasteiger partial charge in [0.2, 0.25) is 0 Å². The van der Waals surface area contributed by atoms with Crippen molar-refractivity contribution in [3.05, 3.63) is 28.5 Å². The standard InChI is InChI=1S/C12H20BrN3/c1-4-7-9(14)8-11-12(13)10(5-2)15-16(11)6-3/h4,9H,1,5-8,14H2,2-3H3. The number of nitrogens with two attached hydrogens (primary N) is 1. The van der Waals surface area contributed by atoms with Crippen LogP contribution in [0.15, 0.2) is 17.1 Å². The maximum Gasteiger partial charge on any atom is 0.0766 e. The highest BCUT2D eigenvalue weighted by Gasteiger charge is 2.15. The van der Waals surface area contributed by atoms with Crippen molar-refractivity contribution in [2.45, 2.75) is 45.7 Å². The molecule has 0 saturated heterocycles. The first-order valence-electron chi connectivity index (χ1n) is 5.74. The van der Waals surface area contributed by atoms with E-state index < -0.39 is 0 Å². The van der Waals surface area contributed by atoms with E-state index in [0.29, 0.717) is 0 Å². The quantitative estimate of drug-likeness (QED) is 0.817. The highest BCUT2D eigenvalue weighted by atomic mass is 79.9. The lowest BCUT2D eigenvalue weighted by Gasteiger charge is -2.10. The molecule has 0 fully saturated rings. The molecule has 0 aliphatic rings. The molecular formula is C12H20BrN3. The molecule has 0 amide bonds. The smallest absolute Gasteiger partial charge is 0.0766 e. The van der Waals surface area contributed by atoms with Gasteiger partial charge >= 0.3 is 0 Å². The molecule has 3 nitrogen and oxygen atoms in total. The van der Waals surface area contributed by atoms with Gasteiger partial charge in [-0.15, -0.1) is 6.58 Å². The van der Waals surface area contributed by atoms with Crippen LogP contribution in [0.5, 0.6) is 0 Å². The Bertz CT molecular complexity index is 357. The van der Waals surface area contributed by atoms with Crippen LogP contribution in [0.1, 0.15) is 31.7 Å². The summed E-state index contributed by atoms with van der Waals surface area (Å²) in [6.07, 6.45) is 4.49. The molecule has 2 N–H and O–H groups in total. The summed E-state index contributed by atoms with van der Waals surface area (Å²) in [6, 6.07) is 0.125. The first-order valence-corrected chi connectivity index (χ1v) is 6.53. The molecule has 1 heterocycles. The summed E-state index contributed by atoms with van der Waals surface area (Å²) in [7, 11) is 0. The number of aromatic nitrogens is 2. The van der Waals surface area contributed by atoms with Crippen molar-refractivity contribution in [2.75, 3.05) is 0 Å². The van der Waals surface area contributed by atoms with E-state index in [1.807, 2.05) is 10.8 Å². The molecule has 0 bridgehead atoms. The molecule has 1 aromatic heterocycles. The van der Waals surface area contributed by atoms with E-state index in [4.69, 9.17) is 5.73 Å². The molecule has 1 unspecified atom stereocenters. The van der Waals surface area contributed by atoms with Crippen molar-refractivity contribution >= 4 is 15.9 Å². The summed E-state index contributed by atoms with van der Waals surface area (Å²) < 4.78 is 3.16. The van der Waals surface area contributed by atoms with Crippen LogP contribution in [0.4, 0.5) is 0 Å². The number of hydrogen-bond acceptors (Lipinski definition) is 2. The third kappa shape index (κ3) is 2.95. The van der Waals surface area contributed by atoms with Gasteiger partial charge < -0.3 is 5.73 Å². The zero-order valence-corrected chi connectivity index (χ0v) is 11.6. The molecule has 1 atom stereocenters. The van der Waals surface area contributed by atoms with Gasteiger partial charge in [0.05, 0.1) is 15.9 Å². The maximum atomic E-state index is 6.03. The molecule has 0 saturated carbocycles. The van der Waals surface area contributed by atoms with Crippen molar-refractivity contribution in [1.29, 1.82) is 0 Å². The Kier molecular flexibility index (Phi) is 5.22. The topological polar surface area (TPSA) is 43.8 Å². The summed E-state index contributed by atoms with van der Waals surface area (Å²) in [5.41, 5.74) is 8.34. The summed E-state index contributed by atoms with van der Waals surface area (Å²) >= 11 is 3.62. The van der Waals surface area contributed by atoms with Crippen molar-refractivity contribution < 1.29 is 0 Å². The minimum atomic E-state index is 0.125. The zero-order chi connectivity index (χ0) is 12.1. The van der Waals surface area contributed by atoms with Crippen molar-refractivity contribution in [2.24, 2.45) is 5.73 Å². The third-order valence-electron chi connectivity index (χ3n) is 2.62.